The fourth-order valence-electron chi connectivity index (χ4n) is 3.30. The molecule has 29 heavy (non-hydrogen) atoms. The Morgan fingerprint density at radius 3 is 2.62 bits per heavy atom. The number of aromatic nitrogens is 2. The van der Waals surface area contributed by atoms with Gasteiger partial charge in [-0.3, -0.25) is 19.1 Å². The molecule has 2 aromatic rings. The summed E-state index contributed by atoms with van der Waals surface area (Å²) in [6.07, 6.45) is 4.12. The zero-order chi connectivity index (χ0) is 21.0. The fraction of sp³-hybridized carbons (Fsp3) is 0.450. The first-order chi connectivity index (χ1) is 13.9. The highest BCUT2D eigenvalue weighted by Gasteiger charge is 2.25. The number of carbonyl (C=O) groups excluding carboxylic acids is 1. The van der Waals surface area contributed by atoms with Crippen LogP contribution in [0.3, 0.4) is 0 Å². The summed E-state index contributed by atoms with van der Waals surface area (Å²) in [7, 11) is 2.96. The monoisotopic (exact) mass is 402 g/mol. The van der Waals surface area contributed by atoms with Crippen LogP contribution in [-0.2, 0) is 23.6 Å². The largest absolute Gasteiger partial charge is 0.465 e. The number of nitrogens with zero attached hydrogens (tertiary/aromatic N) is 3. The topological polar surface area (TPSA) is 98.7 Å². The average molecular weight is 402 g/mol. The fourth-order valence-corrected chi connectivity index (χ4v) is 3.30. The number of nitrogens with one attached hydrogen (secondary N) is 1. The molecule has 0 aliphatic carbocycles. The summed E-state index contributed by atoms with van der Waals surface area (Å²) < 4.78 is 13.5. The van der Waals surface area contributed by atoms with Gasteiger partial charge in [0.1, 0.15) is 11.5 Å². The van der Waals surface area contributed by atoms with Crippen LogP contribution in [0.1, 0.15) is 23.1 Å². The molecule has 1 aliphatic heterocycles. The highest BCUT2D eigenvalue weighted by atomic mass is 16.5. The van der Waals surface area contributed by atoms with Crippen LogP contribution in [0.25, 0.3) is 6.08 Å². The predicted molar refractivity (Wildman–Crippen MR) is 108 cm³/mol. The van der Waals surface area contributed by atoms with Gasteiger partial charge in [-0.2, -0.15) is 0 Å². The maximum Gasteiger partial charge on any atom is 0.330 e. The lowest BCUT2D eigenvalue weighted by molar-refractivity contribution is -0.116. The molecular formula is C20H26N4O5. The van der Waals surface area contributed by atoms with Gasteiger partial charge in [0.2, 0.25) is 5.91 Å². The molecule has 1 unspecified atom stereocenters. The average Bonchev–Trinajstić information content (AvgIpc) is 3.15. The SMILES string of the molecule is Cc1ccc(C(CNC(=O)/C=C/c2cn(C)c(=O)n(C)c2=O)N2CCOCC2)o1. The second-order valence-corrected chi connectivity index (χ2v) is 7.03. The lowest BCUT2D eigenvalue weighted by atomic mass is 10.1. The number of ether oxygens (including phenoxy) is 1. The van der Waals surface area contributed by atoms with Crippen LogP contribution in [0.2, 0.25) is 0 Å². The molecule has 0 radical (unpaired) electrons. The zero-order valence-corrected chi connectivity index (χ0v) is 16.9. The van der Waals surface area contributed by atoms with E-state index >= 15 is 0 Å². The van der Waals surface area contributed by atoms with Gasteiger partial charge in [0.25, 0.3) is 5.56 Å². The summed E-state index contributed by atoms with van der Waals surface area (Å²) in [5, 5.41) is 2.87. The van der Waals surface area contributed by atoms with Crippen molar-refractivity contribution in [3.8, 4) is 0 Å². The predicted octanol–water partition coefficient (Wildman–Crippen LogP) is 0.188. The molecule has 1 amide bonds. The Bertz CT molecular complexity index is 1010. The number of furan rings is 1. The third-order valence-corrected chi connectivity index (χ3v) is 4.93. The van der Waals surface area contributed by atoms with Crippen molar-refractivity contribution in [3.63, 3.8) is 0 Å². The van der Waals surface area contributed by atoms with Crippen LogP contribution in [0.5, 0.6) is 0 Å². The van der Waals surface area contributed by atoms with Crippen molar-refractivity contribution in [1.82, 2.24) is 19.4 Å². The summed E-state index contributed by atoms with van der Waals surface area (Å²) >= 11 is 0. The Hall–Kier alpha value is -2.91. The van der Waals surface area contributed by atoms with E-state index in [2.05, 4.69) is 10.2 Å². The van der Waals surface area contributed by atoms with Gasteiger partial charge >= 0.3 is 5.69 Å². The summed E-state index contributed by atoms with van der Waals surface area (Å²) in [4.78, 5) is 38.4. The molecule has 0 saturated carbocycles. The van der Waals surface area contributed by atoms with Gasteiger partial charge in [0.15, 0.2) is 0 Å². The first-order valence-electron chi connectivity index (χ1n) is 9.47. The van der Waals surface area contributed by atoms with Gasteiger partial charge in [0.05, 0.1) is 24.8 Å². The zero-order valence-electron chi connectivity index (χ0n) is 16.9. The maximum atomic E-state index is 12.3. The van der Waals surface area contributed by atoms with Crippen LogP contribution in [-0.4, -0.2) is 52.8 Å². The number of rotatable bonds is 6. The van der Waals surface area contributed by atoms with Crippen LogP contribution in [0.4, 0.5) is 0 Å². The molecule has 2 aromatic heterocycles. The second-order valence-electron chi connectivity index (χ2n) is 7.03. The Morgan fingerprint density at radius 2 is 1.97 bits per heavy atom. The van der Waals surface area contributed by atoms with Crippen LogP contribution in [0, 0.1) is 6.92 Å². The summed E-state index contributed by atoms with van der Waals surface area (Å²) in [6.45, 7) is 5.03. The van der Waals surface area contributed by atoms with Crippen molar-refractivity contribution < 1.29 is 13.9 Å². The van der Waals surface area contributed by atoms with Crippen molar-refractivity contribution in [2.75, 3.05) is 32.8 Å². The van der Waals surface area contributed by atoms with E-state index < -0.39 is 11.2 Å². The molecule has 9 nitrogen and oxygen atoms in total. The molecule has 1 saturated heterocycles. The van der Waals surface area contributed by atoms with Crippen molar-refractivity contribution in [2.45, 2.75) is 13.0 Å². The van der Waals surface area contributed by atoms with Crippen LogP contribution >= 0.6 is 0 Å². The molecule has 0 aromatic carbocycles. The van der Waals surface area contributed by atoms with Gasteiger partial charge in [-0.15, -0.1) is 0 Å². The maximum absolute atomic E-state index is 12.3. The molecule has 3 heterocycles. The molecular weight excluding hydrogens is 376 g/mol. The Balaban J connectivity index is 1.69. The summed E-state index contributed by atoms with van der Waals surface area (Å²) in [6, 6.07) is 3.72. The molecule has 1 atom stereocenters. The first kappa shape index (κ1) is 20.8. The minimum absolute atomic E-state index is 0.102. The Labute approximate surface area is 168 Å². The molecule has 1 fully saturated rings. The molecule has 0 bridgehead atoms. The number of aryl methyl sites for hydroxylation is 2. The number of morpholine rings is 1. The number of carbonyl (C=O) groups is 1. The van der Waals surface area contributed by atoms with Gasteiger partial charge < -0.3 is 19.0 Å². The minimum atomic E-state index is -0.450. The number of hydrogen-bond donors (Lipinski definition) is 1. The highest BCUT2D eigenvalue weighted by Crippen LogP contribution is 2.23. The highest BCUT2D eigenvalue weighted by molar-refractivity contribution is 5.91. The molecule has 9 heteroatoms. The number of amides is 1. The lowest BCUT2D eigenvalue weighted by Gasteiger charge is -2.33. The van der Waals surface area contributed by atoms with E-state index in [1.165, 1.54) is 30.0 Å². The molecule has 156 valence electrons. The van der Waals surface area contributed by atoms with Crippen LogP contribution < -0.4 is 16.6 Å². The van der Waals surface area contributed by atoms with E-state index in [1.54, 1.807) is 7.05 Å². The second kappa shape index (κ2) is 9.06. The van der Waals surface area contributed by atoms with Gasteiger partial charge in [-0.1, -0.05) is 0 Å². The number of hydrogen-bond acceptors (Lipinski definition) is 6. The summed E-state index contributed by atoms with van der Waals surface area (Å²) in [5.74, 6) is 1.28. The van der Waals surface area contributed by atoms with Gasteiger partial charge in [-0.05, 0) is 25.1 Å². The first-order valence-corrected chi connectivity index (χ1v) is 9.47. The Kier molecular flexibility index (Phi) is 6.50. The van der Waals surface area contributed by atoms with E-state index in [0.29, 0.717) is 19.8 Å². The van der Waals surface area contributed by atoms with E-state index in [0.717, 1.165) is 29.2 Å². The molecule has 1 N–H and O–H groups in total. The van der Waals surface area contributed by atoms with E-state index in [4.69, 9.17) is 9.15 Å². The Morgan fingerprint density at radius 1 is 1.24 bits per heavy atom. The van der Waals surface area contributed by atoms with Crippen molar-refractivity contribution in [2.24, 2.45) is 14.1 Å². The minimum Gasteiger partial charge on any atom is -0.465 e. The van der Waals surface area contributed by atoms with Crippen LogP contribution in [0.15, 0.2) is 38.4 Å². The lowest BCUT2D eigenvalue weighted by Crippen LogP contribution is -2.43. The third kappa shape index (κ3) is 4.93. The van der Waals surface area contributed by atoms with Crippen molar-refractivity contribution in [3.05, 3.63) is 62.3 Å². The van der Waals surface area contributed by atoms with E-state index in [9.17, 15) is 14.4 Å². The van der Waals surface area contributed by atoms with Crippen molar-refractivity contribution >= 4 is 12.0 Å². The normalized spacial score (nSPS) is 16.2. The van der Waals surface area contributed by atoms with Gasteiger partial charge in [-0.25, -0.2) is 4.79 Å². The van der Waals surface area contributed by atoms with E-state index in [-0.39, 0.29) is 17.5 Å². The standard InChI is InChI=1S/C20H26N4O5/c1-14-4-6-17(29-14)16(24-8-10-28-11-9-24)12-21-18(25)7-5-15-13-22(2)20(27)23(3)19(15)26/h4-7,13,16H,8-12H2,1-3H3,(H,21,25)/b7-5+. The van der Waals surface area contributed by atoms with E-state index in [1.807, 2.05) is 19.1 Å². The van der Waals surface area contributed by atoms with Crippen molar-refractivity contribution in [1.29, 1.82) is 0 Å². The smallest absolute Gasteiger partial charge is 0.330 e. The summed E-state index contributed by atoms with van der Waals surface area (Å²) in [5.41, 5.74) is -0.607. The quantitative estimate of drug-likeness (QED) is 0.693. The third-order valence-electron chi connectivity index (χ3n) is 4.93. The molecule has 0 spiro atoms. The van der Waals surface area contributed by atoms with Gasteiger partial charge in [0, 0.05) is 46.0 Å². The molecule has 1 aliphatic rings. The molecule has 3 rings (SSSR count).